The van der Waals surface area contributed by atoms with Gasteiger partial charge in [0.1, 0.15) is 5.69 Å². The number of fused-ring (bicyclic) bond motifs is 1. The van der Waals surface area contributed by atoms with E-state index in [1.807, 2.05) is 18.2 Å². The van der Waals surface area contributed by atoms with Crippen molar-refractivity contribution in [3.8, 4) is 11.5 Å². The van der Waals surface area contributed by atoms with Crippen LogP contribution < -0.4 is 16.2 Å². The molecule has 4 aromatic rings. The van der Waals surface area contributed by atoms with E-state index in [0.29, 0.717) is 33.5 Å². The topological polar surface area (TPSA) is 113 Å². The minimum Gasteiger partial charge on any atom is -0.463 e. The van der Waals surface area contributed by atoms with Crippen LogP contribution in [-0.2, 0) is 4.79 Å². The molecule has 0 bridgehead atoms. The number of para-hydroxylation sites is 1. The Morgan fingerprint density at radius 1 is 0.909 bits per heavy atom. The number of aromatic nitrogens is 1. The maximum atomic E-state index is 12.9. The average molecular weight is 442 g/mol. The maximum absolute atomic E-state index is 12.9. The van der Waals surface area contributed by atoms with Crippen LogP contribution in [0.15, 0.2) is 83.5 Å². The summed E-state index contributed by atoms with van der Waals surface area (Å²) in [6.07, 6.45) is 1.53. The second-order valence-corrected chi connectivity index (χ2v) is 7.50. The molecule has 3 amide bonds. The van der Waals surface area contributed by atoms with Gasteiger partial charge in [-0.3, -0.25) is 25.2 Å². The molecular weight excluding hydrogens is 420 g/mol. The molecular formula is C25H22N4O4. The number of carbonyl (C=O) groups excluding carboxylic acids is 3. The van der Waals surface area contributed by atoms with Gasteiger partial charge in [0.25, 0.3) is 11.8 Å². The lowest BCUT2D eigenvalue weighted by Gasteiger charge is -2.15. The van der Waals surface area contributed by atoms with Crippen LogP contribution in [0.25, 0.3) is 22.4 Å². The third-order valence-corrected chi connectivity index (χ3v) is 4.95. The first-order chi connectivity index (χ1) is 16.0. The van der Waals surface area contributed by atoms with Gasteiger partial charge < -0.3 is 9.73 Å². The molecule has 0 aliphatic carbocycles. The molecule has 3 N–H and O–H groups in total. The van der Waals surface area contributed by atoms with Crippen LogP contribution in [0.4, 0.5) is 0 Å². The second kappa shape index (κ2) is 9.78. The Bertz CT molecular complexity index is 1290. The van der Waals surface area contributed by atoms with Gasteiger partial charge in [0.15, 0.2) is 5.76 Å². The number of hydrazine groups is 1. The smallest absolute Gasteiger partial charge is 0.270 e. The molecule has 0 spiro atoms. The van der Waals surface area contributed by atoms with Gasteiger partial charge in [-0.1, -0.05) is 36.4 Å². The molecule has 0 aliphatic rings. The zero-order chi connectivity index (χ0) is 23.2. The number of furan rings is 1. The monoisotopic (exact) mass is 442 g/mol. The number of benzene rings is 2. The SMILES string of the molecule is CC(CC(=O)NNC(=O)c1cc(-c2ccco2)nc2ccccc12)NC(=O)c1ccccc1. The van der Waals surface area contributed by atoms with E-state index in [1.54, 1.807) is 61.5 Å². The van der Waals surface area contributed by atoms with E-state index in [0.717, 1.165) is 0 Å². The minimum atomic E-state index is -0.490. The first kappa shape index (κ1) is 21.8. The van der Waals surface area contributed by atoms with Crippen molar-refractivity contribution in [3.63, 3.8) is 0 Å². The lowest BCUT2D eigenvalue weighted by molar-refractivity contribution is -0.122. The van der Waals surface area contributed by atoms with Gasteiger partial charge in [-0.2, -0.15) is 0 Å². The van der Waals surface area contributed by atoms with Crippen LogP contribution in [-0.4, -0.2) is 28.7 Å². The highest BCUT2D eigenvalue weighted by Gasteiger charge is 2.17. The molecule has 0 saturated heterocycles. The molecule has 0 fully saturated rings. The maximum Gasteiger partial charge on any atom is 0.270 e. The van der Waals surface area contributed by atoms with Gasteiger partial charge in [0.2, 0.25) is 5.91 Å². The summed E-state index contributed by atoms with van der Waals surface area (Å²) in [7, 11) is 0. The number of nitrogens with one attached hydrogen (secondary N) is 3. The summed E-state index contributed by atoms with van der Waals surface area (Å²) in [5, 5.41) is 3.40. The minimum absolute atomic E-state index is 0.00636. The molecule has 0 aliphatic heterocycles. The van der Waals surface area contributed by atoms with E-state index in [2.05, 4.69) is 21.2 Å². The van der Waals surface area contributed by atoms with Crippen LogP contribution in [0, 0.1) is 0 Å². The largest absolute Gasteiger partial charge is 0.463 e. The number of nitrogens with zero attached hydrogens (tertiary/aromatic N) is 1. The number of pyridine rings is 1. The zero-order valence-electron chi connectivity index (χ0n) is 17.9. The standard InChI is InChI=1S/C25H22N4O4/c1-16(26-24(31)17-8-3-2-4-9-17)14-23(30)28-29-25(32)19-15-21(22-12-7-13-33-22)27-20-11-6-5-10-18(19)20/h2-13,15-16H,14H2,1H3,(H,26,31)(H,28,30)(H,29,32). The summed E-state index contributed by atoms with van der Waals surface area (Å²) in [5.41, 5.74) is 6.84. The quantitative estimate of drug-likeness (QED) is 0.396. The molecule has 1 unspecified atom stereocenters. The number of rotatable bonds is 6. The predicted molar refractivity (Wildman–Crippen MR) is 123 cm³/mol. The molecule has 8 nitrogen and oxygen atoms in total. The van der Waals surface area contributed by atoms with Crippen LogP contribution >= 0.6 is 0 Å². The van der Waals surface area contributed by atoms with E-state index >= 15 is 0 Å². The third-order valence-electron chi connectivity index (χ3n) is 4.95. The van der Waals surface area contributed by atoms with Gasteiger partial charge >= 0.3 is 0 Å². The molecule has 2 aromatic carbocycles. The van der Waals surface area contributed by atoms with Gasteiger partial charge in [0, 0.05) is 23.4 Å². The summed E-state index contributed by atoms with van der Waals surface area (Å²) in [6, 6.07) is 20.6. The van der Waals surface area contributed by atoms with Crippen LogP contribution in [0.1, 0.15) is 34.1 Å². The Kier molecular flexibility index (Phi) is 6.45. The molecule has 8 heteroatoms. The number of hydrogen-bond donors (Lipinski definition) is 3. The Morgan fingerprint density at radius 2 is 1.67 bits per heavy atom. The fourth-order valence-electron chi connectivity index (χ4n) is 3.38. The molecule has 2 aromatic heterocycles. The Balaban J connectivity index is 1.40. The van der Waals surface area contributed by atoms with Gasteiger partial charge in [-0.15, -0.1) is 0 Å². The molecule has 166 valence electrons. The summed E-state index contributed by atoms with van der Waals surface area (Å²) < 4.78 is 5.41. The van der Waals surface area contributed by atoms with Crippen molar-refractivity contribution < 1.29 is 18.8 Å². The van der Waals surface area contributed by atoms with E-state index in [-0.39, 0.29) is 12.3 Å². The molecule has 4 rings (SSSR count). The number of carbonyl (C=O) groups is 3. The number of amides is 3. The molecule has 33 heavy (non-hydrogen) atoms. The van der Waals surface area contributed by atoms with Crippen LogP contribution in [0.5, 0.6) is 0 Å². The lowest BCUT2D eigenvalue weighted by Crippen LogP contribution is -2.44. The van der Waals surface area contributed by atoms with Gasteiger partial charge in [0.05, 0.1) is 17.3 Å². The van der Waals surface area contributed by atoms with Crippen molar-refractivity contribution in [1.29, 1.82) is 0 Å². The van der Waals surface area contributed by atoms with Crippen molar-refractivity contribution in [2.75, 3.05) is 0 Å². The van der Waals surface area contributed by atoms with Crippen molar-refractivity contribution in [2.45, 2.75) is 19.4 Å². The van der Waals surface area contributed by atoms with E-state index in [1.165, 1.54) is 6.26 Å². The summed E-state index contributed by atoms with van der Waals surface area (Å²) in [4.78, 5) is 42.0. The zero-order valence-corrected chi connectivity index (χ0v) is 17.9. The fraction of sp³-hybridized carbons (Fsp3) is 0.120. The normalized spacial score (nSPS) is 11.5. The fourth-order valence-corrected chi connectivity index (χ4v) is 3.38. The van der Waals surface area contributed by atoms with Crippen molar-refractivity contribution in [2.24, 2.45) is 0 Å². The third kappa shape index (κ3) is 5.24. The summed E-state index contributed by atoms with van der Waals surface area (Å²) in [5.74, 6) is -0.667. The van der Waals surface area contributed by atoms with E-state index in [9.17, 15) is 14.4 Å². The van der Waals surface area contributed by atoms with Crippen molar-refractivity contribution in [1.82, 2.24) is 21.2 Å². The van der Waals surface area contributed by atoms with Crippen LogP contribution in [0.3, 0.4) is 0 Å². The lowest BCUT2D eigenvalue weighted by atomic mass is 10.1. The molecule has 1 atom stereocenters. The van der Waals surface area contributed by atoms with Crippen molar-refractivity contribution in [3.05, 3.63) is 90.2 Å². The summed E-state index contributed by atoms with van der Waals surface area (Å²) >= 11 is 0. The van der Waals surface area contributed by atoms with E-state index in [4.69, 9.17) is 4.42 Å². The number of hydrogen-bond acceptors (Lipinski definition) is 5. The Hall–Kier alpha value is -4.46. The molecule has 2 heterocycles. The van der Waals surface area contributed by atoms with Gasteiger partial charge in [-0.25, -0.2) is 4.98 Å². The Morgan fingerprint density at radius 3 is 2.42 bits per heavy atom. The molecule has 0 radical (unpaired) electrons. The summed E-state index contributed by atoms with van der Waals surface area (Å²) in [6.45, 7) is 1.72. The predicted octanol–water partition coefficient (Wildman–Crippen LogP) is 3.46. The highest BCUT2D eigenvalue weighted by molar-refractivity contribution is 6.07. The highest BCUT2D eigenvalue weighted by atomic mass is 16.3. The average Bonchev–Trinajstić information content (AvgIpc) is 3.37. The van der Waals surface area contributed by atoms with Crippen molar-refractivity contribution >= 4 is 28.6 Å². The Labute approximate surface area is 190 Å². The highest BCUT2D eigenvalue weighted by Crippen LogP contribution is 2.25. The van der Waals surface area contributed by atoms with Gasteiger partial charge in [-0.05, 0) is 43.3 Å². The second-order valence-electron chi connectivity index (χ2n) is 7.50. The first-order valence-corrected chi connectivity index (χ1v) is 10.4. The van der Waals surface area contributed by atoms with Crippen LogP contribution in [0.2, 0.25) is 0 Å². The first-order valence-electron chi connectivity index (χ1n) is 10.4. The van der Waals surface area contributed by atoms with E-state index < -0.39 is 17.9 Å². The molecule has 0 saturated carbocycles.